The third-order valence-corrected chi connectivity index (χ3v) is 2.43. The van der Waals surface area contributed by atoms with Crippen molar-refractivity contribution in [1.82, 2.24) is 4.90 Å². The molecular weight excluding hydrogens is 397 g/mol. The van der Waals surface area contributed by atoms with Crippen LogP contribution in [0.15, 0.2) is 0 Å². The zero-order chi connectivity index (χ0) is 18.9. The molecule has 0 radical (unpaired) electrons. The van der Waals surface area contributed by atoms with Crippen LogP contribution in [-0.4, -0.2) is 47.1 Å². The number of ether oxygens (including phenoxy) is 1. The molecule has 1 heterocycles. The molecule has 0 unspecified atom stereocenters. The van der Waals surface area contributed by atoms with Gasteiger partial charge in [0.25, 0.3) is 0 Å². The Balaban J connectivity index is 0.00000529. The summed E-state index contributed by atoms with van der Waals surface area (Å²) in [5.41, 5.74) is 0. The summed E-state index contributed by atoms with van der Waals surface area (Å²) in [5, 5.41) is 9.79. The Morgan fingerprint density at radius 3 is 1.38 bits per heavy atom. The Labute approximate surface area is 144 Å². The number of carboxylic acid groups (broad SMARTS) is 1. The first-order chi connectivity index (χ1) is 9.77. The van der Waals surface area contributed by atoms with E-state index in [1.165, 1.54) is 0 Å². The van der Waals surface area contributed by atoms with Crippen LogP contribution in [0.1, 0.15) is 0 Å². The predicted molar refractivity (Wildman–Crippen MR) is 37.6 cm³/mol. The molecule has 0 aromatic rings. The third-order valence-electron chi connectivity index (χ3n) is 2.43. The quantitative estimate of drug-likeness (QED) is 0.337. The van der Waals surface area contributed by atoms with Crippen molar-refractivity contribution in [2.75, 3.05) is 0 Å². The number of rotatable bonds is 3. The molecule has 1 fully saturated rings. The Bertz CT molecular complexity index is 497. The van der Waals surface area contributed by atoms with Crippen molar-refractivity contribution in [2.24, 2.45) is 0 Å². The molecule has 1 rings (SSSR count). The third kappa shape index (κ3) is 2.85. The summed E-state index contributed by atoms with van der Waals surface area (Å²) in [7, 11) is 0. The van der Waals surface area contributed by atoms with Crippen molar-refractivity contribution < 1.29 is 96.9 Å². The SMILES string of the molecule is O=C([O-])C(F)(F)C(F)(F)N1C(F)(F)C(F)(F)OC(F)(F)C1(F)F.[Na+]. The van der Waals surface area contributed by atoms with Crippen molar-refractivity contribution >= 4 is 5.97 Å². The van der Waals surface area contributed by atoms with Crippen molar-refractivity contribution in [3.8, 4) is 0 Å². The molecule has 1 saturated heterocycles. The largest absolute Gasteiger partial charge is 1.00 e. The minimum Gasteiger partial charge on any atom is -0.544 e. The van der Waals surface area contributed by atoms with Gasteiger partial charge in [0.1, 0.15) is 5.97 Å². The summed E-state index contributed by atoms with van der Waals surface area (Å²) in [4.78, 5) is 5.88. The van der Waals surface area contributed by atoms with Gasteiger partial charge in [-0.25, -0.2) is 4.74 Å². The smallest absolute Gasteiger partial charge is 0.544 e. The number of carbonyl (C=O) groups is 1. The van der Waals surface area contributed by atoms with Crippen LogP contribution in [-0.2, 0) is 9.53 Å². The molecule has 0 N–H and O–H groups in total. The van der Waals surface area contributed by atoms with Crippen LogP contribution in [0.4, 0.5) is 52.7 Å². The van der Waals surface area contributed by atoms with E-state index in [1.807, 2.05) is 0 Å². The molecule has 0 spiro atoms. The standard InChI is InChI=1S/C7HF12NO3.Na/c8-2(9,1(21)22)3(10,11)20-4(12,13)6(16,17)23-7(18,19)5(20,14)15;/h(H,21,22);/q;+1/p-1. The van der Waals surface area contributed by atoms with Crippen molar-refractivity contribution in [3.63, 3.8) is 0 Å². The number of hydrogen-bond donors (Lipinski definition) is 0. The molecule has 4 nitrogen and oxygen atoms in total. The first-order valence-electron chi connectivity index (χ1n) is 4.76. The molecule has 1 aliphatic heterocycles. The van der Waals surface area contributed by atoms with Gasteiger partial charge >= 0.3 is 65.8 Å². The summed E-state index contributed by atoms with van der Waals surface area (Å²) in [6.45, 7) is 0. The Morgan fingerprint density at radius 2 is 1.12 bits per heavy atom. The molecule has 0 saturated carbocycles. The van der Waals surface area contributed by atoms with Gasteiger partial charge in [0.2, 0.25) is 0 Å². The fraction of sp³-hybridized carbons (Fsp3) is 0.857. The van der Waals surface area contributed by atoms with Gasteiger partial charge < -0.3 is 9.90 Å². The van der Waals surface area contributed by atoms with Crippen LogP contribution < -0.4 is 34.7 Å². The molecule has 1 aliphatic rings. The molecule has 0 aliphatic carbocycles. The predicted octanol–water partition coefficient (Wildman–Crippen LogP) is -1.33. The van der Waals surface area contributed by atoms with Crippen molar-refractivity contribution in [1.29, 1.82) is 0 Å². The maximum Gasteiger partial charge on any atom is 1.00 e. The zero-order valence-corrected chi connectivity index (χ0v) is 12.7. The molecule has 0 bridgehead atoms. The van der Waals surface area contributed by atoms with Gasteiger partial charge in [-0.1, -0.05) is 4.90 Å². The van der Waals surface area contributed by atoms with E-state index in [4.69, 9.17) is 0 Å². The van der Waals surface area contributed by atoms with E-state index in [0.717, 1.165) is 0 Å². The number of aliphatic carboxylic acids is 1. The topological polar surface area (TPSA) is 52.6 Å². The average Bonchev–Trinajstić information content (AvgIpc) is 2.23. The van der Waals surface area contributed by atoms with Gasteiger partial charge in [-0.15, -0.1) is 0 Å². The van der Waals surface area contributed by atoms with E-state index in [0.29, 0.717) is 0 Å². The van der Waals surface area contributed by atoms with Gasteiger partial charge in [0, 0.05) is 0 Å². The number of carbonyl (C=O) groups excluding carboxylic acids is 1. The molecule has 0 aromatic heterocycles. The van der Waals surface area contributed by atoms with E-state index < -0.39 is 47.1 Å². The molecule has 24 heavy (non-hydrogen) atoms. The maximum absolute atomic E-state index is 13.1. The van der Waals surface area contributed by atoms with Crippen LogP contribution in [0.25, 0.3) is 0 Å². The van der Waals surface area contributed by atoms with Crippen LogP contribution in [0.5, 0.6) is 0 Å². The summed E-state index contributed by atoms with van der Waals surface area (Å²) >= 11 is 0. The van der Waals surface area contributed by atoms with Crippen LogP contribution in [0.3, 0.4) is 0 Å². The number of carboxylic acids is 1. The summed E-state index contributed by atoms with van der Waals surface area (Å²) < 4.78 is 156. The van der Waals surface area contributed by atoms with Crippen molar-refractivity contribution in [3.05, 3.63) is 0 Å². The molecule has 136 valence electrons. The molecule has 17 heteroatoms. The summed E-state index contributed by atoms with van der Waals surface area (Å²) in [6, 6.07) is -21.8. The monoisotopic (exact) mass is 397 g/mol. The number of hydrogen-bond acceptors (Lipinski definition) is 4. The number of nitrogens with zero attached hydrogens (tertiary/aromatic N) is 1. The fourth-order valence-electron chi connectivity index (χ4n) is 1.34. The Hall–Kier alpha value is -0.450. The van der Waals surface area contributed by atoms with Crippen LogP contribution in [0, 0.1) is 0 Å². The Morgan fingerprint density at radius 1 is 0.833 bits per heavy atom. The van der Waals surface area contributed by atoms with Gasteiger partial charge in [0.15, 0.2) is 0 Å². The van der Waals surface area contributed by atoms with Gasteiger partial charge in [-0.3, -0.25) is 0 Å². The van der Waals surface area contributed by atoms with Crippen molar-refractivity contribution in [2.45, 2.75) is 36.3 Å². The number of morpholine rings is 1. The molecule has 0 aromatic carbocycles. The second-order valence-corrected chi connectivity index (χ2v) is 3.96. The average molecular weight is 397 g/mol. The first-order valence-corrected chi connectivity index (χ1v) is 4.76. The first kappa shape index (κ1) is 23.5. The maximum atomic E-state index is 13.1. The molecular formula is C7F12NNaO3. The Kier molecular flexibility index (Phi) is 5.68. The fourth-order valence-corrected chi connectivity index (χ4v) is 1.34. The minimum absolute atomic E-state index is 0. The minimum atomic E-state index is -7.44. The van der Waals surface area contributed by atoms with Crippen LogP contribution >= 0.6 is 0 Å². The van der Waals surface area contributed by atoms with Crippen LogP contribution in [0.2, 0.25) is 0 Å². The second kappa shape index (κ2) is 5.78. The molecule has 0 amide bonds. The van der Waals surface area contributed by atoms with E-state index in [9.17, 15) is 62.6 Å². The van der Waals surface area contributed by atoms with E-state index in [-0.39, 0.29) is 29.6 Å². The second-order valence-electron chi connectivity index (χ2n) is 3.96. The number of alkyl halides is 12. The molecule has 0 atom stereocenters. The normalized spacial score (nSPS) is 25.7. The van der Waals surface area contributed by atoms with E-state index in [1.54, 1.807) is 4.74 Å². The van der Waals surface area contributed by atoms with E-state index >= 15 is 0 Å². The van der Waals surface area contributed by atoms with Gasteiger partial charge in [0.05, 0.1) is 0 Å². The van der Waals surface area contributed by atoms with Gasteiger partial charge in [-0.05, 0) is 0 Å². The summed E-state index contributed by atoms with van der Waals surface area (Å²) in [5.74, 6) is -11.3. The van der Waals surface area contributed by atoms with E-state index in [2.05, 4.69) is 0 Å². The summed E-state index contributed by atoms with van der Waals surface area (Å²) in [6.07, 6.45) is -13.6. The zero-order valence-electron chi connectivity index (χ0n) is 10.7. The number of halogens is 12. The van der Waals surface area contributed by atoms with Gasteiger partial charge in [-0.2, -0.15) is 52.7 Å².